The van der Waals surface area contributed by atoms with Gasteiger partial charge in [-0.2, -0.15) is 0 Å². The molecule has 0 aromatic carbocycles. The SMILES string of the molecule is CCCCCCCC[Si](CCCCCCCC)[Si]C. The molecule has 19 heavy (non-hydrogen) atoms. The molecule has 0 atom stereocenters. The largest absolute Gasteiger partial charge is 0.0756 e. The van der Waals surface area contributed by atoms with Crippen molar-refractivity contribution in [2.75, 3.05) is 0 Å². The number of rotatable bonds is 15. The van der Waals surface area contributed by atoms with E-state index in [4.69, 9.17) is 0 Å². The first-order valence-electron chi connectivity index (χ1n) is 8.87. The summed E-state index contributed by atoms with van der Waals surface area (Å²) in [6.07, 6.45) is 17.7. The predicted octanol–water partition coefficient (Wildman–Crippen LogP) is 6.45. The van der Waals surface area contributed by atoms with Crippen LogP contribution >= 0.6 is 0 Å². The van der Waals surface area contributed by atoms with Gasteiger partial charge >= 0.3 is 0 Å². The fourth-order valence-electron chi connectivity index (χ4n) is 2.61. The molecule has 0 fully saturated rings. The summed E-state index contributed by atoms with van der Waals surface area (Å²) in [5.74, 6) is 0. The molecule has 113 valence electrons. The van der Waals surface area contributed by atoms with Crippen LogP contribution in [0.1, 0.15) is 90.9 Å². The van der Waals surface area contributed by atoms with E-state index in [0.29, 0.717) is 0 Å². The summed E-state index contributed by atoms with van der Waals surface area (Å²) in [4.78, 5) is 0. The molecule has 0 aliphatic rings. The minimum Gasteiger partial charge on any atom is -0.0756 e. The van der Waals surface area contributed by atoms with Gasteiger partial charge in [-0.3, -0.25) is 0 Å². The van der Waals surface area contributed by atoms with Gasteiger partial charge in [0.05, 0.1) is 0 Å². The van der Waals surface area contributed by atoms with E-state index < -0.39 is 0 Å². The molecular formula is C17H37Si2. The summed E-state index contributed by atoms with van der Waals surface area (Å²) in [6, 6.07) is 3.22. The van der Waals surface area contributed by atoms with Crippen molar-refractivity contribution in [1.82, 2.24) is 0 Å². The molecule has 3 radical (unpaired) electrons. The minimum atomic E-state index is 0.0588. The topological polar surface area (TPSA) is 0 Å². The number of unbranched alkanes of at least 4 members (excludes halogenated alkanes) is 10. The first-order valence-corrected chi connectivity index (χ1v) is 13.3. The molecule has 0 bridgehead atoms. The second-order valence-electron chi connectivity index (χ2n) is 5.89. The first-order chi connectivity index (χ1) is 9.35. The third-order valence-electron chi connectivity index (χ3n) is 4.02. The molecule has 0 saturated carbocycles. The Kier molecular flexibility index (Phi) is 16.9. The summed E-state index contributed by atoms with van der Waals surface area (Å²) in [5, 5.41) is 0. The lowest BCUT2D eigenvalue weighted by molar-refractivity contribution is 0.618. The van der Waals surface area contributed by atoms with Crippen molar-refractivity contribution < 1.29 is 0 Å². The molecule has 0 N–H and O–H groups in total. The Morgan fingerprint density at radius 2 is 0.947 bits per heavy atom. The highest BCUT2D eigenvalue weighted by molar-refractivity contribution is 7.11. The maximum Gasteiger partial charge on any atom is 0.0340 e. The zero-order valence-electron chi connectivity index (χ0n) is 13.9. The molecule has 0 rings (SSSR count). The van der Waals surface area contributed by atoms with Crippen LogP contribution in [0.25, 0.3) is 0 Å². The van der Waals surface area contributed by atoms with Gasteiger partial charge in [-0.1, -0.05) is 110 Å². The smallest absolute Gasteiger partial charge is 0.0340 e. The van der Waals surface area contributed by atoms with Crippen LogP contribution in [0.5, 0.6) is 0 Å². The van der Waals surface area contributed by atoms with Crippen LogP contribution in [0.3, 0.4) is 0 Å². The van der Waals surface area contributed by atoms with Crippen molar-refractivity contribution >= 4 is 17.4 Å². The third kappa shape index (κ3) is 14.7. The van der Waals surface area contributed by atoms with Crippen LogP contribution in [0, 0.1) is 0 Å². The maximum absolute atomic E-state index is 2.46. The van der Waals surface area contributed by atoms with E-state index >= 15 is 0 Å². The Bertz CT molecular complexity index is 143. The lowest BCUT2D eigenvalue weighted by Crippen LogP contribution is -2.19. The Labute approximate surface area is 127 Å². The Morgan fingerprint density at radius 3 is 1.32 bits per heavy atom. The van der Waals surface area contributed by atoms with Gasteiger partial charge in [0.2, 0.25) is 0 Å². The van der Waals surface area contributed by atoms with Gasteiger partial charge in [0.15, 0.2) is 0 Å². The molecule has 2 heteroatoms. The van der Waals surface area contributed by atoms with E-state index in [-0.39, 0.29) is 8.31 Å². The molecule has 0 aromatic rings. The molecule has 0 unspecified atom stereocenters. The molecule has 0 saturated heterocycles. The number of hydrogen-bond acceptors (Lipinski definition) is 0. The second kappa shape index (κ2) is 16.5. The first kappa shape index (κ1) is 19.4. The zero-order chi connectivity index (χ0) is 14.2. The quantitative estimate of drug-likeness (QED) is 0.241. The van der Waals surface area contributed by atoms with Crippen LogP contribution in [-0.4, -0.2) is 17.4 Å². The summed E-state index contributed by atoms with van der Waals surface area (Å²) < 4.78 is 0. The molecule has 0 spiro atoms. The molecule has 0 nitrogen and oxygen atoms in total. The molecule has 0 amide bonds. The second-order valence-corrected chi connectivity index (χ2v) is 12.2. The lowest BCUT2D eigenvalue weighted by atomic mass is 10.1. The van der Waals surface area contributed by atoms with Crippen LogP contribution < -0.4 is 0 Å². The summed E-state index contributed by atoms with van der Waals surface area (Å²) in [7, 11) is 1.33. The van der Waals surface area contributed by atoms with E-state index in [1.54, 1.807) is 12.1 Å². The highest BCUT2D eigenvalue weighted by Crippen LogP contribution is 2.14. The Hall–Kier alpha value is 0.434. The summed E-state index contributed by atoms with van der Waals surface area (Å²) in [5.41, 5.74) is 0. The standard InChI is InChI=1S/C17H37Si2/c1-4-6-8-10-12-14-16-19(18-3)17-15-13-11-9-7-5-2/h4-17H2,1-3H3. The van der Waals surface area contributed by atoms with Gasteiger partial charge in [0.1, 0.15) is 0 Å². The normalized spacial score (nSPS) is 11.4. The Morgan fingerprint density at radius 1 is 0.579 bits per heavy atom. The molecule has 0 aliphatic heterocycles. The fraction of sp³-hybridized carbons (Fsp3) is 1.00. The molecule has 0 aromatic heterocycles. The highest BCUT2D eigenvalue weighted by Gasteiger charge is 2.08. The summed E-state index contributed by atoms with van der Waals surface area (Å²) in [6.45, 7) is 7.07. The molecule has 0 aliphatic carbocycles. The minimum absolute atomic E-state index is 0.0588. The summed E-state index contributed by atoms with van der Waals surface area (Å²) >= 11 is 0. The monoisotopic (exact) mass is 297 g/mol. The van der Waals surface area contributed by atoms with Gasteiger partial charge < -0.3 is 0 Å². The zero-order valence-corrected chi connectivity index (χ0v) is 15.9. The van der Waals surface area contributed by atoms with Crippen molar-refractivity contribution in [3.05, 3.63) is 0 Å². The van der Waals surface area contributed by atoms with Gasteiger partial charge in [-0.05, 0) is 0 Å². The van der Waals surface area contributed by atoms with Crippen LogP contribution in [0.4, 0.5) is 0 Å². The highest BCUT2D eigenvalue weighted by atomic mass is 29.2. The van der Waals surface area contributed by atoms with Crippen LogP contribution in [0.2, 0.25) is 18.6 Å². The van der Waals surface area contributed by atoms with E-state index in [1.807, 2.05) is 0 Å². The van der Waals surface area contributed by atoms with Crippen molar-refractivity contribution in [3.8, 4) is 0 Å². The average molecular weight is 298 g/mol. The van der Waals surface area contributed by atoms with E-state index in [0.717, 1.165) is 0 Å². The molecular weight excluding hydrogens is 260 g/mol. The van der Waals surface area contributed by atoms with Crippen LogP contribution in [-0.2, 0) is 0 Å². The van der Waals surface area contributed by atoms with Gasteiger partial charge in [-0.25, -0.2) is 0 Å². The van der Waals surface area contributed by atoms with E-state index in [2.05, 4.69) is 20.4 Å². The maximum atomic E-state index is 2.46. The van der Waals surface area contributed by atoms with Crippen molar-refractivity contribution in [2.45, 2.75) is 110 Å². The van der Waals surface area contributed by atoms with Gasteiger partial charge in [0.25, 0.3) is 0 Å². The third-order valence-corrected chi connectivity index (χ3v) is 10.3. The van der Waals surface area contributed by atoms with Crippen molar-refractivity contribution in [1.29, 1.82) is 0 Å². The van der Waals surface area contributed by atoms with Gasteiger partial charge in [0, 0.05) is 17.4 Å². The van der Waals surface area contributed by atoms with Crippen molar-refractivity contribution in [3.63, 3.8) is 0 Å². The fourth-order valence-corrected chi connectivity index (χ4v) is 7.28. The Balaban J connectivity index is 3.30. The van der Waals surface area contributed by atoms with Gasteiger partial charge in [-0.15, -0.1) is 0 Å². The molecule has 0 heterocycles. The number of hydrogen-bond donors (Lipinski definition) is 0. The van der Waals surface area contributed by atoms with Crippen molar-refractivity contribution in [2.24, 2.45) is 0 Å². The van der Waals surface area contributed by atoms with Crippen LogP contribution in [0.15, 0.2) is 0 Å². The average Bonchev–Trinajstić information content (AvgIpc) is 2.44. The lowest BCUT2D eigenvalue weighted by Gasteiger charge is -2.12. The van der Waals surface area contributed by atoms with E-state index in [1.165, 1.54) is 86.1 Å². The predicted molar refractivity (Wildman–Crippen MR) is 93.7 cm³/mol. The van der Waals surface area contributed by atoms with E-state index in [9.17, 15) is 0 Å².